The normalized spacial score (nSPS) is 37.0. The number of hydrogen-bond donors (Lipinski definition) is 0. The van der Waals surface area contributed by atoms with Gasteiger partial charge >= 0.3 is 0 Å². The van der Waals surface area contributed by atoms with Crippen LogP contribution in [-0.2, 0) is 23.7 Å². The van der Waals surface area contributed by atoms with Crippen LogP contribution in [0.5, 0.6) is 0 Å². The molecule has 0 radical (unpaired) electrons. The van der Waals surface area contributed by atoms with Crippen LogP contribution in [-0.4, -0.2) is 74.0 Å². The first-order valence-corrected chi connectivity index (χ1v) is 9.79. The lowest BCUT2D eigenvalue weighted by molar-refractivity contribution is -0.282. The van der Waals surface area contributed by atoms with Gasteiger partial charge in [0.2, 0.25) is 0 Å². The summed E-state index contributed by atoms with van der Waals surface area (Å²) in [4.78, 5) is 0. The number of nitrogens with zero attached hydrogens (tertiary/aromatic N) is 2. The Bertz CT molecular complexity index is 506. The van der Waals surface area contributed by atoms with Gasteiger partial charge in [0, 0.05) is 20.1 Å². The highest BCUT2D eigenvalue weighted by Crippen LogP contribution is 2.37. The van der Waals surface area contributed by atoms with Crippen LogP contribution in [0.15, 0.2) is 5.10 Å². The van der Waals surface area contributed by atoms with Crippen molar-refractivity contribution in [2.75, 3.05) is 33.5 Å². The molecule has 7 heteroatoms. The Morgan fingerprint density at radius 3 is 2.65 bits per heavy atom. The first-order chi connectivity index (χ1) is 12.3. The maximum Gasteiger partial charge on any atom is 0.164 e. The standard InChI is InChI=1S/C19H34N2O5/c1-14-17(20-21-10-6-7-15(21)13-22-5)19(4,26-18(2,3)25-14)9-8-16-23-11-12-24-16/h14-16H,6-13H2,1-5H3/t14-,15-,19-/m1/s1. The molecule has 0 saturated carbocycles. The van der Waals surface area contributed by atoms with Crippen LogP contribution in [0.1, 0.15) is 53.4 Å². The Balaban J connectivity index is 1.79. The summed E-state index contributed by atoms with van der Waals surface area (Å²) < 4.78 is 29.1. The van der Waals surface area contributed by atoms with Gasteiger partial charge in [-0.2, -0.15) is 5.10 Å². The van der Waals surface area contributed by atoms with Gasteiger partial charge in [0.25, 0.3) is 0 Å². The second-order valence-corrected chi connectivity index (χ2v) is 8.10. The van der Waals surface area contributed by atoms with Crippen molar-refractivity contribution in [2.45, 2.75) is 83.2 Å². The Morgan fingerprint density at radius 2 is 1.96 bits per heavy atom. The molecule has 0 amide bonds. The molecule has 150 valence electrons. The third-order valence-electron chi connectivity index (χ3n) is 5.35. The minimum atomic E-state index is -0.651. The van der Waals surface area contributed by atoms with Crippen LogP contribution in [0, 0.1) is 0 Å². The van der Waals surface area contributed by atoms with Crippen molar-refractivity contribution in [1.29, 1.82) is 0 Å². The van der Waals surface area contributed by atoms with E-state index in [-0.39, 0.29) is 12.4 Å². The van der Waals surface area contributed by atoms with Gasteiger partial charge < -0.3 is 23.7 Å². The molecule has 7 nitrogen and oxygen atoms in total. The Labute approximate surface area is 156 Å². The second kappa shape index (κ2) is 8.10. The van der Waals surface area contributed by atoms with Crippen molar-refractivity contribution in [1.82, 2.24) is 5.01 Å². The van der Waals surface area contributed by atoms with Crippen LogP contribution in [0.2, 0.25) is 0 Å². The van der Waals surface area contributed by atoms with Crippen LogP contribution >= 0.6 is 0 Å². The number of ether oxygens (including phenoxy) is 5. The molecule has 0 N–H and O–H groups in total. The zero-order valence-electron chi connectivity index (χ0n) is 16.8. The average molecular weight is 370 g/mol. The molecule has 3 saturated heterocycles. The van der Waals surface area contributed by atoms with E-state index in [1.165, 1.54) is 0 Å². The molecule has 0 unspecified atom stereocenters. The van der Waals surface area contributed by atoms with Gasteiger partial charge in [0.15, 0.2) is 12.1 Å². The van der Waals surface area contributed by atoms with Gasteiger partial charge in [0.1, 0.15) is 11.7 Å². The van der Waals surface area contributed by atoms with Gasteiger partial charge in [-0.1, -0.05) is 0 Å². The Morgan fingerprint density at radius 1 is 1.23 bits per heavy atom. The summed E-state index contributed by atoms with van der Waals surface area (Å²) in [5, 5.41) is 7.17. The Hall–Kier alpha value is -0.730. The maximum atomic E-state index is 6.39. The quantitative estimate of drug-likeness (QED) is 0.716. The zero-order valence-corrected chi connectivity index (χ0v) is 16.8. The lowest BCUT2D eigenvalue weighted by Gasteiger charge is -2.47. The summed E-state index contributed by atoms with van der Waals surface area (Å²) in [6, 6.07) is 0.320. The summed E-state index contributed by atoms with van der Waals surface area (Å²) >= 11 is 0. The van der Waals surface area contributed by atoms with Crippen molar-refractivity contribution in [2.24, 2.45) is 5.10 Å². The molecule has 0 aromatic carbocycles. The zero-order chi connectivity index (χ0) is 18.8. The summed E-state index contributed by atoms with van der Waals surface area (Å²) in [5.41, 5.74) is 0.425. The van der Waals surface area contributed by atoms with E-state index >= 15 is 0 Å². The summed E-state index contributed by atoms with van der Waals surface area (Å²) in [5.74, 6) is -0.651. The number of rotatable bonds is 6. The van der Waals surface area contributed by atoms with Crippen molar-refractivity contribution in [3.8, 4) is 0 Å². The second-order valence-electron chi connectivity index (χ2n) is 8.10. The van der Waals surface area contributed by atoms with E-state index in [0.29, 0.717) is 25.9 Å². The average Bonchev–Trinajstić information content (AvgIpc) is 3.20. The minimum absolute atomic E-state index is 0.113. The van der Waals surface area contributed by atoms with Crippen molar-refractivity contribution >= 4 is 5.71 Å². The van der Waals surface area contributed by atoms with E-state index in [9.17, 15) is 0 Å². The highest BCUT2D eigenvalue weighted by Gasteiger charge is 2.47. The lowest BCUT2D eigenvalue weighted by Crippen LogP contribution is -2.58. The van der Waals surface area contributed by atoms with E-state index in [1.54, 1.807) is 7.11 Å². The van der Waals surface area contributed by atoms with E-state index in [4.69, 9.17) is 28.8 Å². The third-order valence-corrected chi connectivity index (χ3v) is 5.35. The van der Waals surface area contributed by atoms with Crippen LogP contribution in [0.3, 0.4) is 0 Å². The molecule has 3 fully saturated rings. The first kappa shape index (κ1) is 20.0. The van der Waals surface area contributed by atoms with Crippen LogP contribution < -0.4 is 0 Å². The largest absolute Gasteiger partial charge is 0.382 e. The smallest absolute Gasteiger partial charge is 0.164 e. The molecule has 26 heavy (non-hydrogen) atoms. The fraction of sp³-hybridized carbons (Fsp3) is 0.947. The summed E-state index contributed by atoms with van der Waals surface area (Å²) in [6.07, 6.45) is 3.53. The first-order valence-electron chi connectivity index (χ1n) is 9.79. The SMILES string of the molecule is COC[C@H]1CCCN1N=C1[C@@H](C)OC(C)(C)O[C@]1(C)CCC1OCCO1. The molecule has 0 aromatic heterocycles. The van der Waals surface area contributed by atoms with Gasteiger partial charge in [0.05, 0.1) is 31.6 Å². The number of methoxy groups -OCH3 is 1. The predicted octanol–water partition coefficient (Wildman–Crippen LogP) is 2.54. The molecule has 3 atom stereocenters. The van der Waals surface area contributed by atoms with Gasteiger partial charge in [-0.15, -0.1) is 0 Å². The van der Waals surface area contributed by atoms with Crippen LogP contribution in [0.4, 0.5) is 0 Å². The highest BCUT2D eigenvalue weighted by atomic mass is 16.7. The number of hydrogen-bond acceptors (Lipinski definition) is 7. The molecule has 3 aliphatic heterocycles. The molecule has 0 bridgehead atoms. The lowest BCUT2D eigenvalue weighted by atomic mass is 9.88. The molecule has 3 heterocycles. The van der Waals surface area contributed by atoms with Crippen molar-refractivity contribution in [3.05, 3.63) is 0 Å². The minimum Gasteiger partial charge on any atom is -0.382 e. The monoisotopic (exact) mass is 370 g/mol. The van der Waals surface area contributed by atoms with Crippen molar-refractivity contribution in [3.63, 3.8) is 0 Å². The number of hydrazone groups is 1. The molecule has 0 aliphatic carbocycles. The van der Waals surface area contributed by atoms with Gasteiger partial charge in [-0.05, 0) is 47.0 Å². The molecular weight excluding hydrogens is 336 g/mol. The molecule has 3 aliphatic rings. The van der Waals surface area contributed by atoms with Crippen molar-refractivity contribution < 1.29 is 23.7 Å². The molecule has 0 aromatic rings. The highest BCUT2D eigenvalue weighted by molar-refractivity contribution is 5.96. The van der Waals surface area contributed by atoms with E-state index in [2.05, 4.69) is 18.9 Å². The Kier molecular flexibility index (Phi) is 6.24. The van der Waals surface area contributed by atoms with Crippen LogP contribution in [0.25, 0.3) is 0 Å². The molecule has 0 spiro atoms. The molecule has 3 rings (SSSR count). The van der Waals surface area contributed by atoms with Gasteiger partial charge in [-0.25, -0.2) is 0 Å². The third kappa shape index (κ3) is 4.57. The van der Waals surface area contributed by atoms with E-state index in [0.717, 1.165) is 37.9 Å². The summed E-state index contributed by atoms with van der Waals surface area (Å²) in [7, 11) is 1.74. The van der Waals surface area contributed by atoms with Gasteiger partial charge in [-0.3, -0.25) is 5.01 Å². The fourth-order valence-corrected chi connectivity index (χ4v) is 4.32. The summed E-state index contributed by atoms with van der Waals surface area (Å²) in [6.45, 7) is 11.1. The molecular formula is C19H34N2O5. The predicted molar refractivity (Wildman–Crippen MR) is 98.1 cm³/mol. The topological polar surface area (TPSA) is 61.8 Å². The fourth-order valence-electron chi connectivity index (χ4n) is 4.32. The van der Waals surface area contributed by atoms with E-state index < -0.39 is 11.4 Å². The maximum absolute atomic E-state index is 6.39. The van der Waals surface area contributed by atoms with E-state index in [1.807, 2.05) is 13.8 Å².